The van der Waals surface area contributed by atoms with E-state index in [-0.39, 0.29) is 6.10 Å². The molecule has 1 unspecified atom stereocenters. The second-order valence-corrected chi connectivity index (χ2v) is 5.66. The number of para-hydroxylation sites is 1. The number of benzene rings is 1. The van der Waals surface area contributed by atoms with Gasteiger partial charge < -0.3 is 14.7 Å². The highest BCUT2D eigenvalue weighted by Gasteiger charge is 2.26. The average Bonchev–Trinajstić information content (AvgIpc) is 2.46. The molecule has 0 spiro atoms. The summed E-state index contributed by atoms with van der Waals surface area (Å²) in [5.74, 6) is 1.21. The van der Waals surface area contributed by atoms with Gasteiger partial charge in [-0.1, -0.05) is 18.2 Å². The Morgan fingerprint density at radius 3 is 2.42 bits per heavy atom. The van der Waals surface area contributed by atoms with E-state index in [0.717, 1.165) is 31.7 Å². The average molecular weight is 263 g/mol. The van der Waals surface area contributed by atoms with Crippen LogP contribution in [0.5, 0.6) is 5.75 Å². The van der Waals surface area contributed by atoms with Gasteiger partial charge in [-0.2, -0.15) is 0 Å². The number of rotatable bonds is 5. The van der Waals surface area contributed by atoms with Gasteiger partial charge >= 0.3 is 0 Å². The lowest BCUT2D eigenvalue weighted by molar-refractivity contribution is 0.0205. The summed E-state index contributed by atoms with van der Waals surface area (Å²) in [4.78, 5) is 2.47. The van der Waals surface area contributed by atoms with Gasteiger partial charge in [0.15, 0.2) is 0 Å². The molecule has 1 atom stereocenters. The molecule has 0 aromatic heterocycles. The molecule has 1 aliphatic heterocycles. The third kappa shape index (κ3) is 4.22. The van der Waals surface area contributed by atoms with Gasteiger partial charge in [0.25, 0.3) is 0 Å². The van der Waals surface area contributed by atoms with Gasteiger partial charge in [-0.3, -0.25) is 0 Å². The van der Waals surface area contributed by atoms with Crippen LogP contribution in [0.25, 0.3) is 0 Å². The van der Waals surface area contributed by atoms with Gasteiger partial charge in [-0.25, -0.2) is 0 Å². The number of hydrogen-bond acceptors (Lipinski definition) is 3. The van der Waals surface area contributed by atoms with Gasteiger partial charge in [-0.15, -0.1) is 0 Å². The normalized spacial score (nSPS) is 19.6. The lowest BCUT2D eigenvalue weighted by Gasteiger charge is -2.36. The number of likely N-dealkylation sites (tertiary alicyclic amines) is 1. The maximum Gasteiger partial charge on any atom is 0.119 e. The first-order valence-electron chi connectivity index (χ1n) is 7.27. The maximum atomic E-state index is 10.2. The zero-order valence-electron chi connectivity index (χ0n) is 12.0. The fourth-order valence-electron chi connectivity index (χ4n) is 2.66. The Kier molecular flexibility index (Phi) is 5.23. The van der Waals surface area contributed by atoms with Gasteiger partial charge in [0, 0.05) is 6.04 Å². The van der Waals surface area contributed by atoms with Gasteiger partial charge in [0.05, 0.1) is 6.10 Å². The van der Waals surface area contributed by atoms with Crippen molar-refractivity contribution in [2.24, 2.45) is 5.92 Å². The Bertz CT molecular complexity index is 358. The molecule has 1 aliphatic rings. The van der Waals surface area contributed by atoms with E-state index >= 15 is 0 Å². The molecule has 0 radical (unpaired) electrons. The summed E-state index contributed by atoms with van der Waals surface area (Å²) < 4.78 is 5.63. The number of nitrogens with zero attached hydrogens (tertiary/aromatic N) is 1. The van der Waals surface area contributed by atoms with Crippen molar-refractivity contribution in [1.82, 2.24) is 4.90 Å². The molecule has 0 bridgehead atoms. The third-order valence-corrected chi connectivity index (χ3v) is 4.01. The summed E-state index contributed by atoms with van der Waals surface area (Å²) in [6.45, 7) is 7.04. The zero-order chi connectivity index (χ0) is 13.7. The summed E-state index contributed by atoms with van der Waals surface area (Å²) in [7, 11) is 0. The minimum absolute atomic E-state index is 0.352. The van der Waals surface area contributed by atoms with Crippen LogP contribution in [0.4, 0.5) is 0 Å². The van der Waals surface area contributed by atoms with Crippen LogP contribution in [-0.4, -0.2) is 41.8 Å². The minimum atomic E-state index is -0.352. The molecule has 1 fully saturated rings. The molecular weight excluding hydrogens is 238 g/mol. The molecule has 0 aliphatic carbocycles. The molecule has 1 N–H and O–H groups in total. The first-order chi connectivity index (χ1) is 9.16. The maximum absolute atomic E-state index is 10.2. The van der Waals surface area contributed by atoms with E-state index in [4.69, 9.17) is 4.74 Å². The van der Waals surface area contributed by atoms with Crippen molar-refractivity contribution in [3.63, 3.8) is 0 Å². The minimum Gasteiger partial charge on any atom is -0.491 e. The molecule has 1 saturated heterocycles. The Morgan fingerprint density at radius 2 is 1.84 bits per heavy atom. The third-order valence-electron chi connectivity index (χ3n) is 4.01. The second kappa shape index (κ2) is 6.92. The van der Waals surface area contributed by atoms with Crippen molar-refractivity contribution in [1.29, 1.82) is 0 Å². The van der Waals surface area contributed by atoms with Crippen LogP contribution in [-0.2, 0) is 0 Å². The zero-order valence-corrected chi connectivity index (χ0v) is 12.0. The molecule has 106 valence electrons. The number of aliphatic hydroxyl groups is 1. The lowest BCUT2D eigenvalue weighted by atomic mass is 9.91. The highest BCUT2D eigenvalue weighted by atomic mass is 16.5. The van der Waals surface area contributed by atoms with E-state index in [2.05, 4.69) is 18.7 Å². The van der Waals surface area contributed by atoms with Crippen LogP contribution in [0, 0.1) is 5.92 Å². The molecule has 0 amide bonds. The predicted molar refractivity (Wildman–Crippen MR) is 77.4 cm³/mol. The van der Waals surface area contributed by atoms with Crippen molar-refractivity contribution in [2.75, 3.05) is 19.7 Å². The SMILES string of the molecule is CC(C)N1CCC(C(O)COc2ccccc2)CC1. The molecular formula is C16H25NO2. The number of hydrogen-bond donors (Lipinski definition) is 1. The fraction of sp³-hybridized carbons (Fsp3) is 0.625. The van der Waals surface area contributed by atoms with Crippen molar-refractivity contribution in [2.45, 2.75) is 38.8 Å². The van der Waals surface area contributed by atoms with E-state index in [1.165, 1.54) is 0 Å². The first kappa shape index (κ1) is 14.4. The molecule has 19 heavy (non-hydrogen) atoms. The molecule has 2 rings (SSSR count). The van der Waals surface area contributed by atoms with Crippen LogP contribution in [0.1, 0.15) is 26.7 Å². The fourth-order valence-corrected chi connectivity index (χ4v) is 2.66. The Hall–Kier alpha value is -1.06. The topological polar surface area (TPSA) is 32.7 Å². The Morgan fingerprint density at radius 1 is 1.21 bits per heavy atom. The molecule has 3 heteroatoms. The van der Waals surface area contributed by atoms with Gasteiger partial charge in [0.1, 0.15) is 12.4 Å². The summed E-state index contributed by atoms with van der Waals surface area (Å²) in [6.07, 6.45) is 1.78. The standard InChI is InChI=1S/C16H25NO2/c1-13(2)17-10-8-14(9-11-17)16(18)12-19-15-6-4-3-5-7-15/h3-7,13-14,16,18H,8-12H2,1-2H3. The summed E-state index contributed by atoms with van der Waals surface area (Å²) >= 11 is 0. The van der Waals surface area contributed by atoms with Crippen molar-refractivity contribution < 1.29 is 9.84 Å². The van der Waals surface area contributed by atoms with Crippen LogP contribution in [0.15, 0.2) is 30.3 Å². The Labute approximate surface area is 116 Å². The first-order valence-corrected chi connectivity index (χ1v) is 7.27. The molecule has 1 heterocycles. The van der Waals surface area contributed by atoms with Gasteiger partial charge in [-0.05, 0) is 57.8 Å². The Balaban J connectivity index is 1.74. The van der Waals surface area contributed by atoms with E-state index in [1.807, 2.05) is 30.3 Å². The summed E-state index contributed by atoms with van der Waals surface area (Å²) in [5, 5.41) is 10.2. The predicted octanol–water partition coefficient (Wildman–Crippen LogP) is 2.55. The molecule has 3 nitrogen and oxygen atoms in total. The van der Waals surface area contributed by atoms with Crippen LogP contribution in [0.2, 0.25) is 0 Å². The van der Waals surface area contributed by atoms with Crippen molar-refractivity contribution in [3.8, 4) is 5.75 Å². The lowest BCUT2D eigenvalue weighted by Crippen LogP contribution is -2.42. The van der Waals surface area contributed by atoms with Crippen molar-refractivity contribution in [3.05, 3.63) is 30.3 Å². The van der Waals surface area contributed by atoms with E-state index in [0.29, 0.717) is 18.6 Å². The molecule has 1 aromatic carbocycles. The highest BCUT2D eigenvalue weighted by molar-refractivity contribution is 5.20. The summed E-state index contributed by atoms with van der Waals surface area (Å²) in [6, 6.07) is 10.3. The van der Waals surface area contributed by atoms with Crippen molar-refractivity contribution >= 4 is 0 Å². The largest absolute Gasteiger partial charge is 0.491 e. The number of aliphatic hydroxyl groups excluding tert-OH is 1. The van der Waals surface area contributed by atoms with E-state index in [9.17, 15) is 5.11 Å². The van der Waals surface area contributed by atoms with Crippen LogP contribution in [0.3, 0.4) is 0 Å². The quantitative estimate of drug-likeness (QED) is 0.886. The van der Waals surface area contributed by atoms with E-state index in [1.54, 1.807) is 0 Å². The number of ether oxygens (including phenoxy) is 1. The molecule has 1 aromatic rings. The smallest absolute Gasteiger partial charge is 0.119 e. The van der Waals surface area contributed by atoms with Crippen LogP contribution < -0.4 is 4.74 Å². The van der Waals surface area contributed by atoms with Gasteiger partial charge in [0.2, 0.25) is 0 Å². The second-order valence-electron chi connectivity index (χ2n) is 5.66. The van der Waals surface area contributed by atoms with E-state index < -0.39 is 0 Å². The highest BCUT2D eigenvalue weighted by Crippen LogP contribution is 2.22. The summed E-state index contributed by atoms with van der Waals surface area (Å²) in [5.41, 5.74) is 0. The monoisotopic (exact) mass is 263 g/mol. The molecule has 0 saturated carbocycles. The number of piperidine rings is 1. The van der Waals surface area contributed by atoms with Crippen LogP contribution >= 0.6 is 0 Å².